The molecule has 2 rings (SSSR count). The summed E-state index contributed by atoms with van der Waals surface area (Å²) in [5.74, 6) is -0.0875. The van der Waals surface area contributed by atoms with Crippen molar-refractivity contribution in [3.8, 4) is 6.07 Å². The summed E-state index contributed by atoms with van der Waals surface area (Å²) in [5.41, 5.74) is 1.88. The fourth-order valence-corrected chi connectivity index (χ4v) is 2.35. The third-order valence-corrected chi connectivity index (χ3v) is 3.67. The molecule has 1 aromatic heterocycles. The second-order valence-electron chi connectivity index (χ2n) is 4.45. The standard InChI is InChI=1S/C16H13BrN2O/c1-11(12(2)20)16(13-5-7-14(17)8-6-13)19-9-3-4-15(19)10-18/h3-9,16H,1H2,2H3/t16-/m0/s1. The van der Waals surface area contributed by atoms with Crippen molar-refractivity contribution in [3.05, 3.63) is 70.5 Å². The van der Waals surface area contributed by atoms with Crippen molar-refractivity contribution in [3.63, 3.8) is 0 Å². The van der Waals surface area contributed by atoms with Crippen LogP contribution in [0.5, 0.6) is 0 Å². The van der Waals surface area contributed by atoms with Crippen LogP contribution >= 0.6 is 15.9 Å². The minimum atomic E-state index is -0.356. The molecule has 0 unspecified atom stereocenters. The van der Waals surface area contributed by atoms with Crippen LogP contribution < -0.4 is 0 Å². The molecule has 100 valence electrons. The lowest BCUT2D eigenvalue weighted by Crippen LogP contribution is -2.17. The van der Waals surface area contributed by atoms with Crippen molar-refractivity contribution >= 4 is 21.7 Å². The van der Waals surface area contributed by atoms with E-state index in [9.17, 15) is 10.1 Å². The van der Waals surface area contributed by atoms with E-state index in [0.29, 0.717) is 11.3 Å². The first-order chi connectivity index (χ1) is 9.54. The second kappa shape index (κ2) is 5.89. The zero-order valence-corrected chi connectivity index (χ0v) is 12.6. The molecule has 0 spiro atoms. The van der Waals surface area contributed by atoms with E-state index in [1.807, 2.05) is 24.3 Å². The van der Waals surface area contributed by atoms with Crippen molar-refractivity contribution in [1.29, 1.82) is 5.26 Å². The first-order valence-electron chi connectivity index (χ1n) is 6.06. The van der Waals surface area contributed by atoms with Crippen LogP contribution in [-0.4, -0.2) is 10.4 Å². The molecule has 2 aromatic rings. The molecule has 20 heavy (non-hydrogen) atoms. The number of allylic oxidation sites excluding steroid dienone is 1. The normalized spacial score (nSPS) is 11.7. The molecule has 1 atom stereocenters. The average Bonchev–Trinajstić information content (AvgIpc) is 2.89. The Labute approximate surface area is 126 Å². The van der Waals surface area contributed by atoms with Crippen LogP contribution in [0.4, 0.5) is 0 Å². The molecule has 0 bridgehead atoms. The summed E-state index contributed by atoms with van der Waals surface area (Å²) in [7, 11) is 0. The lowest BCUT2D eigenvalue weighted by Gasteiger charge is -2.21. The Hall–Kier alpha value is -2.12. The summed E-state index contributed by atoms with van der Waals surface area (Å²) < 4.78 is 2.73. The highest BCUT2D eigenvalue weighted by Crippen LogP contribution is 2.28. The van der Waals surface area contributed by atoms with Crippen molar-refractivity contribution in [2.75, 3.05) is 0 Å². The van der Waals surface area contributed by atoms with Gasteiger partial charge < -0.3 is 4.57 Å². The second-order valence-corrected chi connectivity index (χ2v) is 5.36. The summed E-state index contributed by atoms with van der Waals surface area (Å²) in [6.07, 6.45) is 1.79. The predicted molar refractivity (Wildman–Crippen MR) is 81.2 cm³/mol. The molecule has 0 aliphatic rings. The van der Waals surface area contributed by atoms with Crippen LogP contribution in [0.1, 0.15) is 24.2 Å². The first-order valence-corrected chi connectivity index (χ1v) is 6.86. The van der Waals surface area contributed by atoms with Crippen molar-refractivity contribution < 1.29 is 4.79 Å². The molecule has 4 heteroatoms. The largest absolute Gasteiger partial charge is 0.328 e. The molecule has 0 N–H and O–H groups in total. The molecule has 0 saturated carbocycles. The van der Waals surface area contributed by atoms with E-state index >= 15 is 0 Å². The molecule has 0 saturated heterocycles. The number of hydrogen-bond acceptors (Lipinski definition) is 2. The van der Waals surface area contributed by atoms with Gasteiger partial charge in [-0.1, -0.05) is 34.6 Å². The van der Waals surface area contributed by atoms with Gasteiger partial charge in [-0.15, -0.1) is 0 Å². The number of Topliss-reactive ketones (excluding diaryl/α,β-unsaturated/α-hetero) is 1. The molecule has 1 aromatic carbocycles. The topological polar surface area (TPSA) is 45.8 Å². The van der Waals surface area contributed by atoms with E-state index in [-0.39, 0.29) is 11.8 Å². The van der Waals surface area contributed by atoms with Gasteiger partial charge in [-0.3, -0.25) is 4.79 Å². The van der Waals surface area contributed by atoms with E-state index < -0.39 is 0 Å². The molecular formula is C16H13BrN2O. The maximum Gasteiger partial charge on any atom is 0.157 e. The highest BCUT2D eigenvalue weighted by Gasteiger charge is 2.21. The Balaban J connectivity index is 2.57. The summed E-state index contributed by atoms with van der Waals surface area (Å²) in [6, 6.07) is 12.9. The van der Waals surface area contributed by atoms with Gasteiger partial charge in [0.2, 0.25) is 0 Å². The van der Waals surface area contributed by atoms with E-state index in [4.69, 9.17) is 0 Å². The Morgan fingerprint density at radius 1 is 1.35 bits per heavy atom. The van der Waals surface area contributed by atoms with Crippen LogP contribution in [0.15, 0.2) is 59.2 Å². The van der Waals surface area contributed by atoms with Gasteiger partial charge in [-0.25, -0.2) is 0 Å². The van der Waals surface area contributed by atoms with Crippen LogP contribution in [-0.2, 0) is 4.79 Å². The number of ketones is 1. The first kappa shape index (κ1) is 14.3. The van der Waals surface area contributed by atoms with Crippen molar-refractivity contribution in [2.45, 2.75) is 13.0 Å². The summed E-state index contributed by atoms with van der Waals surface area (Å²) >= 11 is 3.39. The summed E-state index contributed by atoms with van der Waals surface area (Å²) in [6.45, 7) is 5.38. The average molecular weight is 329 g/mol. The van der Waals surface area contributed by atoms with Gasteiger partial charge in [-0.2, -0.15) is 5.26 Å². The summed E-state index contributed by atoms with van der Waals surface area (Å²) in [5, 5.41) is 9.17. The zero-order chi connectivity index (χ0) is 14.7. The molecule has 0 fully saturated rings. The van der Waals surface area contributed by atoms with Crippen molar-refractivity contribution in [1.82, 2.24) is 4.57 Å². The van der Waals surface area contributed by atoms with Gasteiger partial charge in [-0.05, 0) is 36.8 Å². The van der Waals surface area contributed by atoms with E-state index in [0.717, 1.165) is 10.0 Å². The molecule has 1 heterocycles. The van der Waals surface area contributed by atoms with E-state index in [1.54, 1.807) is 22.9 Å². The number of nitriles is 1. The fourth-order valence-electron chi connectivity index (χ4n) is 2.08. The van der Waals surface area contributed by atoms with Gasteiger partial charge in [0.05, 0.1) is 6.04 Å². The lowest BCUT2D eigenvalue weighted by molar-refractivity contribution is -0.113. The van der Waals surface area contributed by atoms with Crippen molar-refractivity contribution in [2.24, 2.45) is 0 Å². The zero-order valence-electron chi connectivity index (χ0n) is 11.0. The number of benzene rings is 1. The van der Waals surface area contributed by atoms with E-state index in [2.05, 4.69) is 28.6 Å². The van der Waals surface area contributed by atoms with Crippen LogP contribution in [0.3, 0.4) is 0 Å². The number of halogens is 1. The molecule has 0 radical (unpaired) electrons. The van der Waals surface area contributed by atoms with Crippen LogP contribution in [0.2, 0.25) is 0 Å². The van der Waals surface area contributed by atoms with E-state index in [1.165, 1.54) is 6.92 Å². The number of aromatic nitrogens is 1. The molecule has 0 amide bonds. The Morgan fingerprint density at radius 3 is 2.55 bits per heavy atom. The number of carbonyl (C=O) groups excluding carboxylic acids is 1. The van der Waals surface area contributed by atoms with Crippen LogP contribution in [0.25, 0.3) is 0 Å². The lowest BCUT2D eigenvalue weighted by atomic mass is 9.97. The van der Waals surface area contributed by atoms with Gasteiger partial charge in [0.25, 0.3) is 0 Å². The van der Waals surface area contributed by atoms with Gasteiger partial charge in [0, 0.05) is 16.2 Å². The van der Waals surface area contributed by atoms with Gasteiger partial charge in [0.15, 0.2) is 5.78 Å². The minimum Gasteiger partial charge on any atom is -0.328 e. The highest BCUT2D eigenvalue weighted by molar-refractivity contribution is 9.10. The molecule has 0 aliphatic carbocycles. The predicted octanol–water partition coefficient (Wildman–Crippen LogP) is 3.86. The number of nitrogens with zero attached hydrogens (tertiary/aromatic N) is 2. The number of carbonyl (C=O) groups is 1. The molecule has 0 aliphatic heterocycles. The maximum absolute atomic E-state index is 11.7. The monoisotopic (exact) mass is 328 g/mol. The molecular weight excluding hydrogens is 316 g/mol. The molecule has 3 nitrogen and oxygen atoms in total. The maximum atomic E-state index is 11.7. The SMILES string of the molecule is C=C(C(C)=O)[C@@H](c1ccc(Br)cc1)n1cccc1C#N. The number of hydrogen-bond donors (Lipinski definition) is 0. The Bertz CT molecular complexity index is 692. The Morgan fingerprint density at radius 2 is 2.00 bits per heavy atom. The third-order valence-electron chi connectivity index (χ3n) is 3.14. The summed E-state index contributed by atoms with van der Waals surface area (Å²) in [4.78, 5) is 11.7. The number of rotatable bonds is 4. The van der Waals surface area contributed by atoms with Gasteiger partial charge >= 0.3 is 0 Å². The van der Waals surface area contributed by atoms with Crippen LogP contribution in [0, 0.1) is 11.3 Å². The third kappa shape index (κ3) is 2.73. The fraction of sp³-hybridized carbons (Fsp3) is 0.125. The quantitative estimate of drug-likeness (QED) is 0.800. The highest BCUT2D eigenvalue weighted by atomic mass is 79.9. The Kier molecular flexibility index (Phi) is 4.21. The minimum absolute atomic E-state index is 0.0875. The smallest absolute Gasteiger partial charge is 0.157 e. The van der Waals surface area contributed by atoms with Gasteiger partial charge in [0.1, 0.15) is 11.8 Å².